The van der Waals surface area contributed by atoms with Gasteiger partial charge in [-0.1, -0.05) is 57.4 Å². The fourth-order valence-electron chi connectivity index (χ4n) is 2.47. The number of oxazole rings is 1. The van der Waals surface area contributed by atoms with Gasteiger partial charge in [0.05, 0.1) is 0 Å². The third-order valence-corrected chi connectivity index (χ3v) is 4.15. The Balaban J connectivity index is 1.86. The molecule has 3 heteroatoms. The first-order chi connectivity index (χ1) is 9.61. The molecule has 0 bridgehead atoms. The van der Waals surface area contributed by atoms with Crippen molar-refractivity contribution in [2.45, 2.75) is 25.1 Å². The molecule has 2 aromatic carbocycles. The van der Waals surface area contributed by atoms with Crippen molar-refractivity contribution in [1.29, 1.82) is 0 Å². The fraction of sp³-hybridized carbons (Fsp3) is 0.235. The maximum atomic E-state index is 5.78. The molecule has 3 rings (SSSR count). The second-order valence-corrected chi connectivity index (χ2v) is 6.27. The molecular weight excluding hydrogens is 314 g/mol. The first-order valence-corrected chi connectivity index (χ1v) is 7.60. The first kappa shape index (κ1) is 13.4. The Morgan fingerprint density at radius 3 is 2.50 bits per heavy atom. The zero-order chi connectivity index (χ0) is 14.1. The third-order valence-electron chi connectivity index (χ3n) is 3.30. The van der Waals surface area contributed by atoms with Crippen LogP contribution in [0.15, 0.2) is 46.9 Å². The summed E-state index contributed by atoms with van der Waals surface area (Å²) >= 11 is 3.75. The van der Waals surface area contributed by atoms with E-state index in [1.807, 2.05) is 24.3 Å². The van der Waals surface area contributed by atoms with Crippen molar-refractivity contribution in [1.82, 2.24) is 4.98 Å². The number of aromatic nitrogens is 1. The Bertz CT molecular complexity index is 694. The third kappa shape index (κ3) is 2.78. The Hall–Kier alpha value is -1.61. The van der Waals surface area contributed by atoms with E-state index in [0.717, 1.165) is 23.4 Å². The van der Waals surface area contributed by atoms with Gasteiger partial charge in [-0.05, 0) is 31.5 Å². The number of aryl methyl sites for hydroxylation is 2. The molecule has 0 N–H and O–H groups in total. The molecular formula is C17H16BrNO. The van der Waals surface area contributed by atoms with E-state index in [-0.39, 0.29) is 4.83 Å². The van der Waals surface area contributed by atoms with Crippen molar-refractivity contribution in [3.8, 4) is 0 Å². The van der Waals surface area contributed by atoms with Crippen molar-refractivity contribution in [3.63, 3.8) is 0 Å². The number of rotatable bonds is 3. The van der Waals surface area contributed by atoms with Gasteiger partial charge < -0.3 is 4.42 Å². The zero-order valence-corrected chi connectivity index (χ0v) is 13.1. The number of alkyl halides is 1. The number of fused-ring (bicyclic) bond motifs is 1. The van der Waals surface area contributed by atoms with Crippen molar-refractivity contribution < 1.29 is 4.42 Å². The van der Waals surface area contributed by atoms with Gasteiger partial charge in [0.1, 0.15) is 5.52 Å². The molecule has 20 heavy (non-hydrogen) atoms. The van der Waals surface area contributed by atoms with Crippen molar-refractivity contribution in [2.24, 2.45) is 0 Å². The number of benzene rings is 2. The van der Waals surface area contributed by atoms with Gasteiger partial charge in [-0.2, -0.15) is 0 Å². The molecule has 1 heterocycles. The Labute approximate surface area is 127 Å². The average Bonchev–Trinajstić information content (AvgIpc) is 2.79. The summed E-state index contributed by atoms with van der Waals surface area (Å²) in [5.41, 5.74) is 5.60. The van der Waals surface area contributed by atoms with E-state index >= 15 is 0 Å². The van der Waals surface area contributed by atoms with Crippen LogP contribution in [0.3, 0.4) is 0 Å². The topological polar surface area (TPSA) is 26.0 Å². The lowest BCUT2D eigenvalue weighted by molar-refractivity contribution is 0.527. The van der Waals surface area contributed by atoms with E-state index in [2.05, 4.69) is 53.0 Å². The largest absolute Gasteiger partial charge is 0.441 e. The summed E-state index contributed by atoms with van der Waals surface area (Å²) in [6.07, 6.45) is 0.748. The van der Waals surface area contributed by atoms with Crippen molar-refractivity contribution >= 4 is 27.0 Å². The highest BCUT2D eigenvalue weighted by Gasteiger charge is 2.14. The van der Waals surface area contributed by atoms with E-state index < -0.39 is 0 Å². The van der Waals surface area contributed by atoms with Gasteiger partial charge in [-0.25, -0.2) is 4.98 Å². The molecule has 0 fully saturated rings. The van der Waals surface area contributed by atoms with Crippen LogP contribution in [0.2, 0.25) is 0 Å². The number of para-hydroxylation sites is 2. The van der Waals surface area contributed by atoms with Crippen LogP contribution in [0.25, 0.3) is 11.1 Å². The van der Waals surface area contributed by atoms with Gasteiger partial charge in [0.15, 0.2) is 11.5 Å². The smallest absolute Gasteiger partial charge is 0.196 e. The van der Waals surface area contributed by atoms with Crippen LogP contribution < -0.4 is 0 Å². The normalized spacial score (nSPS) is 12.8. The van der Waals surface area contributed by atoms with E-state index in [1.165, 1.54) is 16.7 Å². The van der Waals surface area contributed by atoms with Gasteiger partial charge >= 0.3 is 0 Å². The lowest BCUT2D eigenvalue weighted by Gasteiger charge is -2.10. The monoisotopic (exact) mass is 329 g/mol. The summed E-state index contributed by atoms with van der Waals surface area (Å²) < 4.78 is 5.78. The van der Waals surface area contributed by atoms with Crippen LogP contribution in [-0.4, -0.2) is 4.98 Å². The van der Waals surface area contributed by atoms with Gasteiger partial charge in [-0.3, -0.25) is 0 Å². The fourth-order valence-corrected chi connectivity index (χ4v) is 3.01. The summed E-state index contributed by atoms with van der Waals surface area (Å²) in [4.78, 5) is 4.74. The van der Waals surface area contributed by atoms with E-state index in [1.54, 1.807) is 0 Å². The van der Waals surface area contributed by atoms with Crippen molar-refractivity contribution in [3.05, 3.63) is 65.0 Å². The lowest BCUT2D eigenvalue weighted by Crippen LogP contribution is -1.97. The highest BCUT2D eigenvalue weighted by Crippen LogP contribution is 2.29. The molecule has 0 saturated heterocycles. The summed E-state index contributed by atoms with van der Waals surface area (Å²) in [6, 6.07) is 14.5. The molecule has 3 aromatic rings. The van der Waals surface area contributed by atoms with Gasteiger partial charge in [-0.15, -0.1) is 0 Å². The minimum atomic E-state index is 0.217. The predicted molar refractivity (Wildman–Crippen MR) is 85.3 cm³/mol. The Kier molecular flexibility index (Phi) is 3.62. The summed E-state index contributed by atoms with van der Waals surface area (Å²) in [5.74, 6) is 0.771. The highest BCUT2D eigenvalue weighted by atomic mass is 79.9. The van der Waals surface area contributed by atoms with E-state index in [4.69, 9.17) is 4.42 Å². The molecule has 0 aliphatic carbocycles. The maximum Gasteiger partial charge on any atom is 0.196 e. The minimum Gasteiger partial charge on any atom is -0.441 e. The lowest BCUT2D eigenvalue weighted by atomic mass is 10.0. The molecule has 0 aliphatic heterocycles. The molecule has 0 amide bonds. The van der Waals surface area contributed by atoms with Gasteiger partial charge in [0, 0.05) is 11.2 Å². The average molecular weight is 330 g/mol. The molecule has 102 valence electrons. The summed E-state index contributed by atoms with van der Waals surface area (Å²) in [7, 11) is 0. The Morgan fingerprint density at radius 1 is 1.10 bits per heavy atom. The van der Waals surface area contributed by atoms with E-state index in [9.17, 15) is 0 Å². The van der Waals surface area contributed by atoms with Crippen LogP contribution in [0, 0.1) is 13.8 Å². The van der Waals surface area contributed by atoms with Crippen LogP contribution in [0.4, 0.5) is 0 Å². The molecule has 0 saturated carbocycles. The molecule has 2 nitrogen and oxygen atoms in total. The molecule has 0 radical (unpaired) electrons. The highest BCUT2D eigenvalue weighted by molar-refractivity contribution is 9.09. The number of halogens is 1. The summed E-state index contributed by atoms with van der Waals surface area (Å²) in [6.45, 7) is 4.24. The molecule has 0 aliphatic rings. The second-order valence-electron chi connectivity index (χ2n) is 5.17. The first-order valence-electron chi connectivity index (χ1n) is 6.68. The van der Waals surface area contributed by atoms with Gasteiger partial charge in [0.2, 0.25) is 0 Å². The van der Waals surface area contributed by atoms with E-state index in [0.29, 0.717) is 0 Å². The second kappa shape index (κ2) is 5.41. The van der Waals surface area contributed by atoms with Crippen LogP contribution in [-0.2, 0) is 6.42 Å². The van der Waals surface area contributed by atoms with Crippen LogP contribution >= 0.6 is 15.9 Å². The minimum absolute atomic E-state index is 0.217. The van der Waals surface area contributed by atoms with Crippen LogP contribution in [0.1, 0.15) is 27.4 Å². The number of nitrogens with zero attached hydrogens (tertiary/aromatic N) is 1. The maximum absolute atomic E-state index is 5.78. The molecule has 1 atom stereocenters. The Morgan fingerprint density at radius 2 is 1.80 bits per heavy atom. The molecule has 1 aromatic heterocycles. The van der Waals surface area contributed by atoms with Crippen LogP contribution in [0.5, 0.6) is 0 Å². The van der Waals surface area contributed by atoms with Gasteiger partial charge in [0.25, 0.3) is 0 Å². The number of hydrogen-bond donors (Lipinski definition) is 0. The zero-order valence-electron chi connectivity index (χ0n) is 11.6. The summed E-state index contributed by atoms with van der Waals surface area (Å²) in [5, 5.41) is 0. The SMILES string of the molecule is Cc1cc(C)cc(C(Br)Cc2nc3ccccc3o2)c1. The van der Waals surface area contributed by atoms with Crippen molar-refractivity contribution in [2.75, 3.05) is 0 Å². The number of hydrogen-bond acceptors (Lipinski definition) is 2. The quantitative estimate of drug-likeness (QED) is 0.623. The molecule has 0 spiro atoms. The predicted octanol–water partition coefficient (Wildman–Crippen LogP) is 5.12. The standard InChI is InChI=1S/C17H16BrNO/c1-11-7-12(2)9-13(8-11)14(18)10-17-19-15-5-3-4-6-16(15)20-17/h3-9,14H,10H2,1-2H3. The molecule has 1 unspecified atom stereocenters.